The standard InChI is InChI=1S/C26H28F3NO5S2/c1-13-8-15-16-10-18(28)17-9-14(31)4-6-23(17,2)25(16,29)20(32)11-24(15,3)26(13,22(34)36-12-27)35-21(33)19-5-7-37-30-19/h4-7,9,13,15-16,18,20,32H,8,10-12H2,1-3H3/t13-,15+,16+,18+,20+,23+,24+,25+,26+/m1/s1. The van der Waals surface area contributed by atoms with Crippen molar-refractivity contribution in [1.29, 1.82) is 0 Å². The number of rotatable bonds is 4. The molecule has 1 aromatic rings. The highest BCUT2D eigenvalue weighted by Gasteiger charge is 2.78. The van der Waals surface area contributed by atoms with Gasteiger partial charge in [0.25, 0.3) is 0 Å². The van der Waals surface area contributed by atoms with Gasteiger partial charge in [0.2, 0.25) is 5.12 Å². The Morgan fingerprint density at radius 2 is 2.03 bits per heavy atom. The molecule has 0 radical (unpaired) electrons. The Bertz CT molecular complexity index is 1210. The molecule has 0 amide bonds. The fourth-order valence-corrected chi connectivity index (χ4v) is 9.18. The number of fused-ring (bicyclic) bond motifs is 5. The number of esters is 1. The third kappa shape index (κ3) is 3.35. The number of thioether (sulfide) groups is 1. The highest BCUT2D eigenvalue weighted by Crippen LogP contribution is 2.72. The maximum Gasteiger partial charge on any atom is 0.359 e. The molecule has 0 saturated heterocycles. The second-order valence-corrected chi connectivity index (χ2v) is 12.6. The number of alkyl halides is 3. The number of ketones is 1. The fourth-order valence-electron chi connectivity index (χ4n) is 7.89. The van der Waals surface area contributed by atoms with E-state index in [1.54, 1.807) is 19.2 Å². The number of hydrogen-bond donors (Lipinski definition) is 1. The monoisotopic (exact) mass is 555 g/mol. The second-order valence-electron chi connectivity index (χ2n) is 11.0. The number of halogens is 3. The summed E-state index contributed by atoms with van der Waals surface area (Å²) in [6, 6.07) is 0.383. The first-order chi connectivity index (χ1) is 17.4. The van der Waals surface area contributed by atoms with Crippen LogP contribution < -0.4 is 0 Å². The summed E-state index contributed by atoms with van der Waals surface area (Å²) in [5.41, 5.74) is -7.14. The summed E-state index contributed by atoms with van der Waals surface area (Å²) >= 11 is 1.39. The van der Waals surface area contributed by atoms with E-state index in [1.807, 2.05) is 0 Å². The van der Waals surface area contributed by atoms with Gasteiger partial charge in [0.1, 0.15) is 12.2 Å². The predicted molar refractivity (Wildman–Crippen MR) is 132 cm³/mol. The van der Waals surface area contributed by atoms with Gasteiger partial charge in [-0.2, -0.15) is 4.37 Å². The number of aromatic nitrogens is 1. The van der Waals surface area contributed by atoms with Gasteiger partial charge in [-0.1, -0.05) is 19.9 Å². The number of aliphatic hydroxyl groups excluding tert-OH is 1. The van der Waals surface area contributed by atoms with E-state index >= 15 is 8.78 Å². The quantitative estimate of drug-likeness (QED) is 0.534. The summed E-state index contributed by atoms with van der Waals surface area (Å²) < 4.78 is 56.4. The summed E-state index contributed by atoms with van der Waals surface area (Å²) in [5.74, 6) is -3.71. The number of nitrogens with zero attached hydrogens (tertiary/aromatic N) is 1. The highest BCUT2D eigenvalue weighted by molar-refractivity contribution is 8.13. The number of allylic oxidation sites excluding steroid dienone is 4. The largest absolute Gasteiger partial charge is 0.444 e. The van der Waals surface area contributed by atoms with Gasteiger partial charge in [0.05, 0.1) is 6.10 Å². The molecule has 0 aliphatic heterocycles. The van der Waals surface area contributed by atoms with Crippen LogP contribution in [0, 0.1) is 28.6 Å². The van der Waals surface area contributed by atoms with E-state index < -0.39 is 75.0 Å². The molecule has 4 aliphatic carbocycles. The Hall–Kier alpha value is -1.98. The van der Waals surface area contributed by atoms with Crippen molar-refractivity contribution in [3.63, 3.8) is 0 Å². The van der Waals surface area contributed by atoms with Gasteiger partial charge in [0, 0.05) is 28.0 Å². The smallest absolute Gasteiger partial charge is 0.359 e. The molecule has 9 atom stereocenters. The van der Waals surface area contributed by atoms with E-state index in [4.69, 9.17) is 4.74 Å². The molecule has 1 aromatic heterocycles. The lowest BCUT2D eigenvalue weighted by atomic mass is 9.44. The maximum atomic E-state index is 17.4. The van der Waals surface area contributed by atoms with Crippen LogP contribution in [0.4, 0.5) is 13.2 Å². The van der Waals surface area contributed by atoms with E-state index in [9.17, 15) is 23.9 Å². The topological polar surface area (TPSA) is 93.6 Å². The van der Waals surface area contributed by atoms with Crippen LogP contribution in [0.5, 0.6) is 0 Å². The van der Waals surface area contributed by atoms with Crippen molar-refractivity contribution < 1.29 is 37.4 Å². The van der Waals surface area contributed by atoms with Gasteiger partial charge in [-0.3, -0.25) is 9.59 Å². The molecule has 3 fully saturated rings. The zero-order valence-electron chi connectivity index (χ0n) is 20.6. The van der Waals surface area contributed by atoms with Crippen LogP contribution in [0.25, 0.3) is 0 Å². The van der Waals surface area contributed by atoms with Crippen molar-refractivity contribution in [3.8, 4) is 0 Å². The molecule has 6 nitrogen and oxygen atoms in total. The summed E-state index contributed by atoms with van der Waals surface area (Å²) in [6.45, 7) is 4.82. The molecule has 0 spiro atoms. The molecule has 1 N–H and O–H groups in total. The number of ether oxygens (including phenoxy) is 1. The van der Waals surface area contributed by atoms with Crippen LogP contribution in [0.15, 0.2) is 35.2 Å². The van der Waals surface area contributed by atoms with Crippen molar-refractivity contribution >= 4 is 40.2 Å². The molecule has 3 saturated carbocycles. The Morgan fingerprint density at radius 1 is 1.30 bits per heavy atom. The number of aliphatic hydroxyl groups is 1. The predicted octanol–water partition coefficient (Wildman–Crippen LogP) is 4.79. The number of carbonyl (C=O) groups is 3. The Labute approximate surface area is 220 Å². The second kappa shape index (κ2) is 8.77. The third-order valence-electron chi connectivity index (χ3n) is 9.56. The van der Waals surface area contributed by atoms with Gasteiger partial charge in [0.15, 0.2) is 22.7 Å². The normalized spacial score (nSPS) is 44.5. The zero-order chi connectivity index (χ0) is 27.0. The summed E-state index contributed by atoms with van der Waals surface area (Å²) in [4.78, 5) is 38.7. The summed E-state index contributed by atoms with van der Waals surface area (Å²) in [5, 5.41) is 12.3. The molecule has 0 bridgehead atoms. The first-order valence-electron chi connectivity index (χ1n) is 12.2. The van der Waals surface area contributed by atoms with E-state index in [1.165, 1.54) is 25.1 Å². The minimum atomic E-state index is -2.34. The first kappa shape index (κ1) is 26.6. The highest BCUT2D eigenvalue weighted by atomic mass is 32.2. The van der Waals surface area contributed by atoms with Crippen molar-refractivity contribution in [3.05, 3.63) is 40.9 Å². The van der Waals surface area contributed by atoms with E-state index in [-0.39, 0.29) is 30.5 Å². The van der Waals surface area contributed by atoms with E-state index in [0.717, 1.165) is 17.6 Å². The van der Waals surface area contributed by atoms with Crippen LogP contribution in [0.2, 0.25) is 0 Å². The van der Waals surface area contributed by atoms with Gasteiger partial charge in [-0.25, -0.2) is 18.0 Å². The molecular weight excluding hydrogens is 527 g/mol. The molecule has 1 heterocycles. The van der Waals surface area contributed by atoms with Gasteiger partial charge in [-0.15, -0.1) is 0 Å². The van der Waals surface area contributed by atoms with Crippen LogP contribution in [-0.4, -0.2) is 55.9 Å². The molecule has 5 rings (SSSR count). The van der Waals surface area contributed by atoms with Gasteiger partial charge >= 0.3 is 5.97 Å². The molecule has 37 heavy (non-hydrogen) atoms. The van der Waals surface area contributed by atoms with Crippen LogP contribution in [-0.2, 0) is 14.3 Å². The lowest BCUT2D eigenvalue weighted by molar-refractivity contribution is -0.221. The first-order valence-corrected chi connectivity index (χ1v) is 14.0. The third-order valence-corrected chi connectivity index (χ3v) is 10.8. The van der Waals surface area contributed by atoms with Crippen molar-refractivity contribution in [2.24, 2.45) is 28.6 Å². The Morgan fingerprint density at radius 3 is 2.68 bits per heavy atom. The number of hydrogen-bond acceptors (Lipinski definition) is 8. The van der Waals surface area contributed by atoms with Crippen molar-refractivity contribution in [2.45, 2.75) is 63.6 Å². The number of carbonyl (C=O) groups excluding carboxylic acids is 3. The fraction of sp³-hybridized carbons (Fsp3) is 0.615. The Kier molecular flexibility index (Phi) is 6.31. The molecule has 11 heteroatoms. The zero-order valence-corrected chi connectivity index (χ0v) is 22.2. The Balaban J connectivity index is 1.64. The molecular formula is C26H28F3NO5S2. The molecule has 4 aliphatic rings. The molecule has 0 unspecified atom stereocenters. The minimum absolute atomic E-state index is 0.00210. The lowest BCUT2D eigenvalue weighted by Gasteiger charge is -2.63. The average Bonchev–Trinajstić information content (AvgIpc) is 3.45. The average molecular weight is 556 g/mol. The van der Waals surface area contributed by atoms with Crippen molar-refractivity contribution in [1.82, 2.24) is 4.37 Å². The van der Waals surface area contributed by atoms with Gasteiger partial charge in [-0.05, 0) is 79.2 Å². The SMILES string of the molecule is C[C@@H]1C[C@H]2[C@@H]3C[C@H](F)C4=CC(=O)C=C[C@]4(C)[C@@]3(F)[C@@H](O)C[C@]2(C)[C@@]1(OC(=O)c1ccsn1)C(=O)SCF. The summed E-state index contributed by atoms with van der Waals surface area (Å²) in [7, 11) is 0. The lowest BCUT2D eigenvalue weighted by Crippen LogP contribution is -2.70. The van der Waals surface area contributed by atoms with Gasteiger partial charge < -0.3 is 9.84 Å². The molecule has 200 valence electrons. The molecule has 0 aromatic carbocycles. The summed E-state index contributed by atoms with van der Waals surface area (Å²) in [6.07, 6.45) is -0.0476. The van der Waals surface area contributed by atoms with Crippen LogP contribution in [0.1, 0.15) is 50.5 Å². The van der Waals surface area contributed by atoms with E-state index in [2.05, 4.69) is 4.37 Å². The minimum Gasteiger partial charge on any atom is -0.444 e. The van der Waals surface area contributed by atoms with Crippen LogP contribution >= 0.6 is 23.3 Å². The van der Waals surface area contributed by atoms with Crippen LogP contribution in [0.3, 0.4) is 0 Å². The maximum absolute atomic E-state index is 17.4. The van der Waals surface area contributed by atoms with Crippen molar-refractivity contribution in [2.75, 3.05) is 6.01 Å². The van der Waals surface area contributed by atoms with E-state index in [0.29, 0.717) is 11.8 Å².